The van der Waals surface area contributed by atoms with Gasteiger partial charge in [0.15, 0.2) is 11.5 Å². The summed E-state index contributed by atoms with van der Waals surface area (Å²) in [5.74, 6) is 1.95. The molecule has 0 bridgehead atoms. The Hall–Kier alpha value is -1.91. The van der Waals surface area contributed by atoms with Crippen molar-refractivity contribution in [3.05, 3.63) is 52.5 Å². The zero-order valence-corrected chi connectivity index (χ0v) is 14.2. The Morgan fingerprint density at radius 3 is 2.35 bits per heavy atom. The number of nitrogens with two attached hydrogens (primary N) is 1. The van der Waals surface area contributed by atoms with Crippen LogP contribution in [0.5, 0.6) is 17.2 Å². The molecule has 0 fully saturated rings. The van der Waals surface area contributed by atoms with Crippen molar-refractivity contribution >= 4 is 11.6 Å². The van der Waals surface area contributed by atoms with E-state index in [2.05, 4.69) is 0 Å². The molecular weight excluding hydrogens is 314 g/mol. The van der Waals surface area contributed by atoms with Crippen LogP contribution in [0.3, 0.4) is 0 Å². The third-order valence-corrected chi connectivity index (χ3v) is 3.51. The largest absolute Gasteiger partial charge is 0.490 e. The van der Waals surface area contributed by atoms with Gasteiger partial charge in [-0.25, -0.2) is 0 Å². The second kappa shape index (κ2) is 8.65. The average Bonchev–Trinajstić information content (AvgIpc) is 2.55. The lowest BCUT2D eigenvalue weighted by Gasteiger charge is -2.15. The normalized spacial score (nSPS) is 10.4. The van der Waals surface area contributed by atoms with Gasteiger partial charge in [0.1, 0.15) is 19.0 Å². The first-order valence-electron chi connectivity index (χ1n) is 7.61. The molecule has 0 spiro atoms. The van der Waals surface area contributed by atoms with E-state index in [1.54, 1.807) is 6.07 Å². The standard InChI is InChI=1S/C18H22ClNO3/c1-3-21-17-11-14(12-20)10-16(19)18(17)23-9-8-22-15-6-4-13(2)5-7-15/h4-7,10-11H,3,8-9,12,20H2,1-2H3. The molecule has 0 aliphatic heterocycles. The molecule has 0 radical (unpaired) electrons. The van der Waals surface area contributed by atoms with E-state index in [1.807, 2.05) is 44.2 Å². The predicted octanol–water partition coefficient (Wildman–Crippen LogP) is 3.96. The Kier molecular flexibility index (Phi) is 6.56. The molecule has 0 aromatic heterocycles. The first-order chi connectivity index (χ1) is 11.1. The molecule has 4 nitrogen and oxygen atoms in total. The van der Waals surface area contributed by atoms with E-state index in [0.29, 0.717) is 42.9 Å². The van der Waals surface area contributed by atoms with Gasteiger partial charge in [0.05, 0.1) is 11.6 Å². The van der Waals surface area contributed by atoms with Gasteiger partial charge in [-0.1, -0.05) is 29.3 Å². The van der Waals surface area contributed by atoms with E-state index in [0.717, 1.165) is 11.3 Å². The minimum absolute atomic E-state index is 0.371. The number of rotatable bonds is 8. The fraction of sp³-hybridized carbons (Fsp3) is 0.333. The van der Waals surface area contributed by atoms with E-state index < -0.39 is 0 Å². The highest BCUT2D eigenvalue weighted by molar-refractivity contribution is 6.32. The molecule has 0 amide bonds. The van der Waals surface area contributed by atoms with Crippen molar-refractivity contribution < 1.29 is 14.2 Å². The zero-order valence-electron chi connectivity index (χ0n) is 13.5. The summed E-state index contributed by atoms with van der Waals surface area (Å²) in [6, 6.07) is 11.5. The third kappa shape index (κ3) is 5.05. The molecule has 0 saturated carbocycles. The average molecular weight is 336 g/mol. The second-order valence-electron chi connectivity index (χ2n) is 5.05. The Bertz CT molecular complexity index is 629. The van der Waals surface area contributed by atoms with Gasteiger partial charge in [0.2, 0.25) is 0 Å². The number of hydrogen-bond donors (Lipinski definition) is 1. The summed E-state index contributed by atoms with van der Waals surface area (Å²) in [6.07, 6.45) is 0. The summed E-state index contributed by atoms with van der Waals surface area (Å²) in [5, 5.41) is 0.492. The smallest absolute Gasteiger partial charge is 0.179 e. The van der Waals surface area contributed by atoms with Crippen molar-refractivity contribution in [2.24, 2.45) is 5.73 Å². The van der Waals surface area contributed by atoms with Crippen molar-refractivity contribution in [3.8, 4) is 17.2 Å². The zero-order chi connectivity index (χ0) is 16.7. The molecule has 0 saturated heterocycles. The topological polar surface area (TPSA) is 53.7 Å². The molecule has 2 rings (SSSR count). The fourth-order valence-electron chi connectivity index (χ4n) is 2.08. The van der Waals surface area contributed by atoms with Gasteiger partial charge in [-0.2, -0.15) is 0 Å². The molecule has 124 valence electrons. The van der Waals surface area contributed by atoms with Gasteiger partial charge >= 0.3 is 0 Å². The molecular formula is C18H22ClNO3. The van der Waals surface area contributed by atoms with Crippen LogP contribution < -0.4 is 19.9 Å². The first-order valence-corrected chi connectivity index (χ1v) is 7.99. The predicted molar refractivity (Wildman–Crippen MR) is 92.7 cm³/mol. The monoisotopic (exact) mass is 335 g/mol. The van der Waals surface area contributed by atoms with Gasteiger partial charge in [-0.15, -0.1) is 0 Å². The highest BCUT2D eigenvalue weighted by Crippen LogP contribution is 2.36. The quantitative estimate of drug-likeness (QED) is 0.742. The van der Waals surface area contributed by atoms with Crippen LogP contribution in [0.25, 0.3) is 0 Å². The first kappa shape index (κ1) is 17.4. The van der Waals surface area contributed by atoms with Crippen molar-refractivity contribution in [1.82, 2.24) is 0 Å². The minimum atomic E-state index is 0.371. The highest BCUT2D eigenvalue weighted by Gasteiger charge is 2.12. The van der Waals surface area contributed by atoms with Gasteiger partial charge in [-0.3, -0.25) is 0 Å². The molecule has 0 atom stereocenters. The maximum absolute atomic E-state index is 6.26. The van der Waals surface area contributed by atoms with Gasteiger partial charge in [0, 0.05) is 6.54 Å². The van der Waals surface area contributed by atoms with Crippen LogP contribution in [0.4, 0.5) is 0 Å². The summed E-state index contributed by atoms with van der Waals surface area (Å²) < 4.78 is 17.0. The van der Waals surface area contributed by atoms with Gasteiger partial charge < -0.3 is 19.9 Å². The SMILES string of the molecule is CCOc1cc(CN)cc(Cl)c1OCCOc1ccc(C)cc1. The Morgan fingerprint density at radius 1 is 1.00 bits per heavy atom. The molecule has 0 heterocycles. The Balaban J connectivity index is 1.95. The lowest BCUT2D eigenvalue weighted by Crippen LogP contribution is -2.10. The van der Waals surface area contributed by atoms with E-state index in [-0.39, 0.29) is 0 Å². The summed E-state index contributed by atoms with van der Waals surface area (Å²) in [7, 11) is 0. The Morgan fingerprint density at radius 2 is 1.70 bits per heavy atom. The van der Waals surface area contributed by atoms with Crippen molar-refractivity contribution in [3.63, 3.8) is 0 Å². The lowest BCUT2D eigenvalue weighted by atomic mass is 10.2. The molecule has 2 N–H and O–H groups in total. The van der Waals surface area contributed by atoms with E-state index >= 15 is 0 Å². The van der Waals surface area contributed by atoms with Crippen LogP contribution in [-0.4, -0.2) is 19.8 Å². The number of aryl methyl sites for hydroxylation is 1. The summed E-state index contributed by atoms with van der Waals surface area (Å²) in [5.41, 5.74) is 7.76. The number of benzene rings is 2. The summed E-state index contributed by atoms with van der Waals surface area (Å²) >= 11 is 6.26. The van der Waals surface area contributed by atoms with Crippen molar-refractivity contribution in [2.45, 2.75) is 20.4 Å². The molecule has 2 aromatic rings. The molecule has 0 unspecified atom stereocenters. The van der Waals surface area contributed by atoms with Crippen LogP contribution in [0.15, 0.2) is 36.4 Å². The lowest BCUT2D eigenvalue weighted by molar-refractivity contribution is 0.208. The molecule has 23 heavy (non-hydrogen) atoms. The van der Waals surface area contributed by atoms with Crippen molar-refractivity contribution in [1.29, 1.82) is 0 Å². The van der Waals surface area contributed by atoms with E-state index in [4.69, 9.17) is 31.5 Å². The molecule has 5 heteroatoms. The van der Waals surface area contributed by atoms with Crippen LogP contribution in [0.1, 0.15) is 18.1 Å². The maximum Gasteiger partial charge on any atom is 0.179 e. The van der Waals surface area contributed by atoms with E-state index in [9.17, 15) is 0 Å². The van der Waals surface area contributed by atoms with E-state index in [1.165, 1.54) is 5.56 Å². The van der Waals surface area contributed by atoms with Crippen LogP contribution >= 0.6 is 11.6 Å². The highest BCUT2D eigenvalue weighted by atomic mass is 35.5. The fourth-order valence-corrected chi connectivity index (χ4v) is 2.37. The number of hydrogen-bond acceptors (Lipinski definition) is 4. The van der Waals surface area contributed by atoms with Crippen LogP contribution in [0.2, 0.25) is 5.02 Å². The van der Waals surface area contributed by atoms with Gasteiger partial charge in [-0.05, 0) is 43.7 Å². The molecule has 0 aliphatic rings. The van der Waals surface area contributed by atoms with Gasteiger partial charge in [0.25, 0.3) is 0 Å². The summed E-state index contributed by atoms with van der Waals surface area (Å²) in [6.45, 7) is 5.67. The third-order valence-electron chi connectivity index (χ3n) is 3.22. The van der Waals surface area contributed by atoms with Crippen LogP contribution in [0, 0.1) is 6.92 Å². The number of halogens is 1. The second-order valence-corrected chi connectivity index (χ2v) is 5.46. The summed E-state index contributed by atoms with van der Waals surface area (Å²) in [4.78, 5) is 0. The van der Waals surface area contributed by atoms with Crippen LogP contribution in [-0.2, 0) is 6.54 Å². The van der Waals surface area contributed by atoms with Crippen molar-refractivity contribution in [2.75, 3.05) is 19.8 Å². The number of ether oxygens (including phenoxy) is 3. The molecule has 2 aromatic carbocycles. The molecule has 0 aliphatic carbocycles. The Labute approximate surface area is 142 Å². The maximum atomic E-state index is 6.26. The minimum Gasteiger partial charge on any atom is -0.490 e.